The zero-order chi connectivity index (χ0) is 6.85. The highest BCUT2D eigenvalue weighted by atomic mass is 16.6. The largest absolute Gasteiger partial charge is 0.334 e. The molecule has 3 nitrogen and oxygen atoms in total. The van der Waals surface area contributed by atoms with E-state index in [-0.39, 0.29) is 6.35 Å². The maximum absolute atomic E-state index is 5.17. The lowest BCUT2D eigenvalue weighted by Crippen LogP contribution is -2.57. The Balaban J connectivity index is 2.23. The first-order chi connectivity index (χ1) is 4.22. The van der Waals surface area contributed by atoms with Crippen LogP contribution in [-0.2, 0) is 4.74 Å². The van der Waals surface area contributed by atoms with E-state index in [0.29, 0.717) is 12.8 Å². The third-order valence-electron chi connectivity index (χ3n) is 1.68. The van der Waals surface area contributed by atoms with E-state index in [1.807, 2.05) is 7.05 Å². The standard InChI is InChI=1S/C6H14N2O/c1-5(2)8(3)6-7-4-9-6/h5-7H,4H2,1-3H3. The predicted octanol–water partition coefficient (Wildman–Crippen LogP) is 0.188. The average molecular weight is 130 g/mol. The van der Waals surface area contributed by atoms with Gasteiger partial charge in [0.2, 0.25) is 0 Å². The second-order valence-electron chi connectivity index (χ2n) is 2.63. The van der Waals surface area contributed by atoms with Crippen molar-refractivity contribution in [2.24, 2.45) is 0 Å². The highest BCUT2D eigenvalue weighted by molar-refractivity contribution is 4.64. The molecule has 0 amide bonds. The molecule has 1 heterocycles. The molecule has 1 N–H and O–H groups in total. The maximum atomic E-state index is 5.17. The Kier molecular flexibility index (Phi) is 2.05. The van der Waals surface area contributed by atoms with E-state index < -0.39 is 0 Å². The Bertz CT molecular complexity index is 91.1. The fourth-order valence-electron chi connectivity index (χ4n) is 0.690. The second kappa shape index (κ2) is 2.64. The van der Waals surface area contributed by atoms with E-state index in [4.69, 9.17) is 4.74 Å². The van der Waals surface area contributed by atoms with Gasteiger partial charge < -0.3 is 4.74 Å². The summed E-state index contributed by atoms with van der Waals surface area (Å²) in [5.41, 5.74) is 0. The van der Waals surface area contributed by atoms with Crippen LogP contribution in [0.25, 0.3) is 0 Å². The zero-order valence-electron chi connectivity index (χ0n) is 6.22. The molecule has 0 aromatic carbocycles. The van der Waals surface area contributed by atoms with Crippen molar-refractivity contribution < 1.29 is 4.74 Å². The molecule has 1 fully saturated rings. The minimum Gasteiger partial charge on any atom is -0.334 e. The van der Waals surface area contributed by atoms with Crippen molar-refractivity contribution in [1.29, 1.82) is 0 Å². The Hall–Kier alpha value is -0.120. The summed E-state index contributed by atoms with van der Waals surface area (Å²) in [6, 6.07) is 0.544. The normalized spacial score (nSPS) is 27.0. The van der Waals surface area contributed by atoms with Gasteiger partial charge in [0.25, 0.3) is 0 Å². The van der Waals surface area contributed by atoms with Crippen LogP contribution in [0.15, 0.2) is 0 Å². The maximum Gasteiger partial charge on any atom is 0.169 e. The minimum atomic E-state index is 0.157. The number of nitrogens with one attached hydrogen (secondary N) is 1. The Morgan fingerprint density at radius 2 is 2.22 bits per heavy atom. The summed E-state index contributed by atoms with van der Waals surface area (Å²) in [5.74, 6) is 0. The van der Waals surface area contributed by atoms with Crippen LogP contribution in [0, 0.1) is 0 Å². The van der Waals surface area contributed by atoms with E-state index in [0.717, 1.165) is 0 Å². The monoisotopic (exact) mass is 130 g/mol. The summed E-state index contributed by atoms with van der Waals surface area (Å²) < 4.78 is 5.17. The molecule has 0 radical (unpaired) electrons. The van der Waals surface area contributed by atoms with E-state index in [1.165, 1.54) is 0 Å². The molecule has 1 unspecified atom stereocenters. The van der Waals surface area contributed by atoms with Crippen molar-refractivity contribution in [1.82, 2.24) is 10.2 Å². The average Bonchev–Trinajstić information content (AvgIpc) is 1.60. The quantitative estimate of drug-likeness (QED) is 0.577. The molecule has 9 heavy (non-hydrogen) atoms. The van der Waals surface area contributed by atoms with E-state index in [1.54, 1.807) is 0 Å². The van der Waals surface area contributed by atoms with Crippen LogP contribution in [0.1, 0.15) is 13.8 Å². The highest BCUT2D eigenvalue weighted by Gasteiger charge is 2.22. The van der Waals surface area contributed by atoms with Gasteiger partial charge in [-0.2, -0.15) is 0 Å². The Morgan fingerprint density at radius 1 is 1.67 bits per heavy atom. The van der Waals surface area contributed by atoms with E-state index in [9.17, 15) is 0 Å². The summed E-state index contributed by atoms with van der Waals surface area (Å²) in [4.78, 5) is 2.14. The van der Waals surface area contributed by atoms with E-state index >= 15 is 0 Å². The lowest BCUT2D eigenvalue weighted by molar-refractivity contribution is -0.176. The van der Waals surface area contributed by atoms with Crippen molar-refractivity contribution in [3.8, 4) is 0 Å². The third-order valence-corrected chi connectivity index (χ3v) is 1.68. The third kappa shape index (κ3) is 1.41. The number of hydrogen-bond acceptors (Lipinski definition) is 3. The first kappa shape index (κ1) is 6.99. The molecule has 0 aliphatic carbocycles. The predicted molar refractivity (Wildman–Crippen MR) is 35.8 cm³/mol. The highest BCUT2D eigenvalue weighted by Crippen LogP contribution is 2.05. The van der Waals surface area contributed by atoms with Gasteiger partial charge in [-0.05, 0) is 20.9 Å². The van der Waals surface area contributed by atoms with Crippen LogP contribution < -0.4 is 5.32 Å². The van der Waals surface area contributed by atoms with Gasteiger partial charge in [-0.3, -0.25) is 10.2 Å². The lowest BCUT2D eigenvalue weighted by Gasteiger charge is -2.37. The number of ether oxygens (including phenoxy) is 1. The van der Waals surface area contributed by atoms with Gasteiger partial charge in [0.1, 0.15) is 6.73 Å². The summed E-state index contributed by atoms with van der Waals surface area (Å²) >= 11 is 0. The molecule has 1 atom stereocenters. The first-order valence-corrected chi connectivity index (χ1v) is 3.28. The fraction of sp³-hybridized carbons (Fsp3) is 1.00. The van der Waals surface area contributed by atoms with Crippen LogP contribution in [0.4, 0.5) is 0 Å². The topological polar surface area (TPSA) is 24.5 Å². The molecule has 0 aromatic rings. The number of hydrogen-bond donors (Lipinski definition) is 1. The van der Waals surface area contributed by atoms with Crippen LogP contribution in [0.3, 0.4) is 0 Å². The molecule has 0 aromatic heterocycles. The molecule has 1 rings (SSSR count). The van der Waals surface area contributed by atoms with Crippen LogP contribution in [0.5, 0.6) is 0 Å². The van der Waals surface area contributed by atoms with Gasteiger partial charge >= 0.3 is 0 Å². The van der Waals surface area contributed by atoms with Gasteiger partial charge in [-0.15, -0.1) is 0 Å². The molecular weight excluding hydrogens is 116 g/mol. The van der Waals surface area contributed by atoms with Crippen LogP contribution in [0.2, 0.25) is 0 Å². The molecule has 0 spiro atoms. The van der Waals surface area contributed by atoms with Crippen molar-refractivity contribution in [2.75, 3.05) is 13.8 Å². The van der Waals surface area contributed by atoms with Crippen LogP contribution in [-0.4, -0.2) is 31.1 Å². The first-order valence-electron chi connectivity index (χ1n) is 3.28. The molecule has 1 aliphatic rings. The molecule has 1 saturated heterocycles. The van der Waals surface area contributed by atoms with Gasteiger partial charge in [0.15, 0.2) is 6.35 Å². The minimum absolute atomic E-state index is 0.157. The molecule has 0 saturated carbocycles. The lowest BCUT2D eigenvalue weighted by atomic mass is 10.3. The summed E-state index contributed by atoms with van der Waals surface area (Å²) in [6.45, 7) is 4.98. The Morgan fingerprint density at radius 3 is 2.33 bits per heavy atom. The van der Waals surface area contributed by atoms with Gasteiger partial charge in [-0.1, -0.05) is 0 Å². The summed E-state index contributed by atoms with van der Waals surface area (Å²) in [6.07, 6.45) is 0.157. The van der Waals surface area contributed by atoms with Crippen molar-refractivity contribution >= 4 is 0 Å². The Labute approximate surface area is 56.0 Å². The molecule has 1 aliphatic heterocycles. The van der Waals surface area contributed by atoms with E-state index in [2.05, 4.69) is 24.1 Å². The van der Waals surface area contributed by atoms with Crippen molar-refractivity contribution in [3.63, 3.8) is 0 Å². The number of nitrogens with zero attached hydrogens (tertiary/aromatic N) is 1. The smallest absolute Gasteiger partial charge is 0.169 e. The molecule has 0 bridgehead atoms. The summed E-state index contributed by atoms with van der Waals surface area (Å²) in [7, 11) is 2.04. The second-order valence-corrected chi connectivity index (χ2v) is 2.63. The zero-order valence-corrected chi connectivity index (χ0v) is 6.22. The molecular formula is C6H14N2O. The van der Waals surface area contributed by atoms with Crippen LogP contribution >= 0.6 is 0 Å². The SMILES string of the molecule is CC(C)N(C)C1NCO1. The van der Waals surface area contributed by atoms with Gasteiger partial charge in [0, 0.05) is 6.04 Å². The van der Waals surface area contributed by atoms with Crippen molar-refractivity contribution in [3.05, 3.63) is 0 Å². The van der Waals surface area contributed by atoms with Crippen molar-refractivity contribution in [2.45, 2.75) is 26.2 Å². The number of rotatable bonds is 2. The fourth-order valence-corrected chi connectivity index (χ4v) is 0.690. The van der Waals surface area contributed by atoms with Gasteiger partial charge in [-0.25, -0.2) is 0 Å². The molecule has 54 valence electrons. The van der Waals surface area contributed by atoms with Gasteiger partial charge in [0.05, 0.1) is 0 Å². The molecule has 3 heteroatoms. The summed E-state index contributed by atoms with van der Waals surface area (Å²) in [5, 5.41) is 3.13.